The molecule has 7 heteroatoms. The average molecular weight is 450 g/mol. The van der Waals surface area contributed by atoms with E-state index in [0.29, 0.717) is 13.1 Å². The zero-order valence-electron chi connectivity index (χ0n) is 19.5. The number of amides is 2. The Hall–Kier alpha value is -3.22. The summed E-state index contributed by atoms with van der Waals surface area (Å²) >= 11 is 0. The lowest BCUT2D eigenvalue weighted by Crippen LogP contribution is -2.36. The third-order valence-corrected chi connectivity index (χ3v) is 5.93. The molecule has 1 saturated heterocycles. The number of guanidine groups is 1. The Balaban J connectivity index is 1.34. The maximum absolute atomic E-state index is 12.4. The summed E-state index contributed by atoms with van der Waals surface area (Å²) in [5.41, 5.74) is 2.97. The minimum absolute atomic E-state index is 0.0225. The van der Waals surface area contributed by atoms with Crippen molar-refractivity contribution in [1.29, 1.82) is 0 Å². The first kappa shape index (κ1) is 23.0. The van der Waals surface area contributed by atoms with Crippen molar-refractivity contribution in [3.63, 3.8) is 0 Å². The van der Waals surface area contributed by atoms with Crippen LogP contribution < -0.4 is 20.7 Å². The number of ether oxygens (including phenoxy) is 1. The monoisotopic (exact) mass is 449 g/mol. The van der Waals surface area contributed by atoms with Gasteiger partial charge in [-0.2, -0.15) is 0 Å². The van der Waals surface area contributed by atoms with Gasteiger partial charge in [-0.05, 0) is 62.3 Å². The van der Waals surface area contributed by atoms with E-state index in [-0.39, 0.29) is 6.03 Å². The Labute approximate surface area is 196 Å². The largest absolute Gasteiger partial charge is 0.493 e. The molecule has 1 aliphatic carbocycles. The number of aliphatic imine (C=N–C) groups is 1. The van der Waals surface area contributed by atoms with Crippen molar-refractivity contribution in [3.8, 4) is 5.75 Å². The molecule has 2 fully saturated rings. The number of anilines is 1. The lowest BCUT2D eigenvalue weighted by molar-refractivity contribution is 0.222. The summed E-state index contributed by atoms with van der Waals surface area (Å²) in [6, 6.07) is 16.0. The van der Waals surface area contributed by atoms with Gasteiger partial charge in [0, 0.05) is 37.4 Å². The molecular formula is C26H35N5O2. The molecule has 2 aromatic rings. The van der Waals surface area contributed by atoms with E-state index in [1.54, 1.807) is 0 Å². The van der Waals surface area contributed by atoms with Gasteiger partial charge >= 0.3 is 6.03 Å². The highest BCUT2D eigenvalue weighted by molar-refractivity contribution is 5.89. The van der Waals surface area contributed by atoms with Crippen molar-refractivity contribution in [2.75, 3.05) is 31.6 Å². The highest BCUT2D eigenvalue weighted by Crippen LogP contribution is 2.30. The first-order chi connectivity index (χ1) is 16.2. The number of carbonyl (C=O) groups excluding carboxylic acids is 1. The molecule has 2 amide bonds. The van der Waals surface area contributed by atoms with E-state index in [1.807, 2.05) is 47.4 Å². The minimum Gasteiger partial charge on any atom is -0.493 e. The van der Waals surface area contributed by atoms with Gasteiger partial charge < -0.3 is 25.6 Å². The Morgan fingerprint density at radius 3 is 2.70 bits per heavy atom. The molecule has 1 heterocycles. The first-order valence-electron chi connectivity index (χ1n) is 12.1. The van der Waals surface area contributed by atoms with Gasteiger partial charge in [0.2, 0.25) is 0 Å². The van der Waals surface area contributed by atoms with Gasteiger partial charge in [0.15, 0.2) is 5.96 Å². The van der Waals surface area contributed by atoms with E-state index in [9.17, 15) is 4.79 Å². The zero-order valence-corrected chi connectivity index (χ0v) is 19.5. The van der Waals surface area contributed by atoms with Gasteiger partial charge in [-0.15, -0.1) is 0 Å². The number of likely N-dealkylation sites (tertiary alicyclic amines) is 1. The summed E-state index contributed by atoms with van der Waals surface area (Å²) in [7, 11) is 0. The number of urea groups is 1. The molecule has 0 radical (unpaired) electrons. The van der Waals surface area contributed by atoms with E-state index in [2.05, 4.69) is 28.9 Å². The fraction of sp³-hybridized carbons (Fsp3) is 0.462. The molecule has 176 valence electrons. The lowest BCUT2D eigenvalue weighted by atomic mass is 10.2. The predicted molar refractivity (Wildman–Crippen MR) is 133 cm³/mol. The van der Waals surface area contributed by atoms with Gasteiger partial charge in [-0.25, -0.2) is 9.79 Å². The van der Waals surface area contributed by atoms with Crippen molar-refractivity contribution in [2.45, 2.75) is 45.7 Å². The Morgan fingerprint density at radius 2 is 1.91 bits per heavy atom. The van der Waals surface area contributed by atoms with Gasteiger partial charge in [0.1, 0.15) is 5.75 Å². The third-order valence-electron chi connectivity index (χ3n) is 5.93. The highest BCUT2D eigenvalue weighted by atomic mass is 16.5. The molecule has 1 saturated carbocycles. The maximum atomic E-state index is 12.4. The van der Waals surface area contributed by atoms with Crippen LogP contribution in [-0.2, 0) is 13.1 Å². The Morgan fingerprint density at radius 1 is 1.09 bits per heavy atom. The average Bonchev–Trinajstić information content (AvgIpc) is 3.50. The Kier molecular flexibility index (Phi) is 8.06. The molecule has 0 spiro atoms. The van der Waals surface area contributed by atoms with E-state index in [0.717, 1.165) is 73.5 Å². The van der Waals surface area contributed by atoms with Crippen molar-refractivity contribution in [3.05, 3.63) is 59.7 Å². The maximum Gasteiger partial charge on any atom is 0.321 e. The van der Waals surface area contributed by atoms with Crippen LogP contribution in [0.15, 0.2) is 53.5 Å². The SMILES string of the molecule is CCNC(=NCc1cccc(NC(=O)N2CCCC2)c1)NCc1ccccc1OCC1CC1. The van der Waals surface area contributed by atoms with Crippen LogP contribution in [0.2, 0.25) is 0 Å². The van der Waals surface area contributed by atoms with Gasteiger partial charge in [-0.3, -0.25) is 0 Å². The second-order valence-corrected chi connectivity index (χ2v) is 8.74. The molecule has 0 bridgehead atoms. The first-order valence-corrected chi connectivity index (χ1v) is 12.1. The molecule has 33 heavy (non-hydrogen) atoms. The molecule has 4 rings (SSSR count). The number of hydrogen-bond donors (Lipinski definition) is 3. The van der Waals surface area contributed by atoms with Gasteiger partial charge in [-0.1, -0.05) is 30.3 Å². The van der Waals surface area contributed by atoms with Crippen LogP contribution in [0.3, 0.4) is 0 Å². The number of para-hydroxylation sites is 1. The smallest absolute Gasteiger partial charge is 0.321 e. The third kappa shape index (κ3) is 7.14. The van der Waals surface area contributed by atoms with Crippen LogP contribution >= 0.6 is 0 Å². The van der Waals surface area contributed by atoms with Crippen molar-refractivity contribution in [1.82, 2.24) is 15.5 Å². The van der Waals surface area contributed by atoms with Crippen LogP contribution in [0.1, 0.15) is 43.7 Å². The number of benzene rings is 2. The summed E-state index contributed by atoms with van der Waals surface area (Å²) in [5, 5.41) is 9.73. The normalized spacial score (nSPS) is 15.9. The van der Waals surface area contributed by atoms with E-state index in [1.165, 1.54) is 12.8 Å². The van der Waals surface area contributed by atoms with Crippen LogP contribution in [-0.4, -0.2) is 43.1 Å². The fourth-order valence-corrected chi connectivity index (χ4v) is 3.84. The molecule has 1 aliphatic heterocycles. The highest BCUT2D eigenvalue weighted by Gasteiger charge is 2.22. The predicted octanol–water partition coefficient (Wildman–Crippen LogP) is 4.36. The summed E-state index contributed by atoms with van der Waals surface area (Å²) in [6.07, 6.45) is 4.72. The number of hydrogen-bond acceptors (Lipinski definition) is 3. The van der Waals surface area contributed by atoms with Crippen molar-refractivity contribution >= 4 is 17.7 Å². The van der Waals surface area contributed by atoms with Crippen LogP contribution in [0.25, 0.3) is 0 Å². The quantitative estimate of drug-likeness (QED) is 0.393. The number of rotatable bonds is 9. The van der Waals surface area contributed by atoms with Crippen LogP contribution in [0.4, 0.5) is 10.5 Å². The minimum atomic E-state index is -0.0225. The second kappa shape index (κ2) is 11.6. The van der Waals surface area contributed by atoms with E-state index >= 15 is 0 Å². The molecule has 7 nitrogen and oxygen atoms in total. The molecule has 0 atom stereocenters. The van der Waals surface area contributed by atoms with Crippen molar-refractivity contribution < 1.29 is 9.53 Å². The van der Waals surface area contributed by atoms with Crippen LogP contribution in [0.5, 0.6) is 5.75 Å². The zero-order chi connectivity index (χ0) is 22.9. The molecular weight excluding hydrogens is 414 g/mol. The molecule has 3 N–H and O–H groups in total. The van der Waals surface area contributed by atoms with E-state index < -0.39 is 0 Å². The van der Waals surface area contributed by atoms with Gasteiger partial charge in [0.05, 0.1) is 13.2 Å². The fourth-order valence-electron chi connectivity index (χ4n) is 3.84. The lowest BCUT2D eigenvalue weighted by Gasteiger charge is -2.16. The number of nitrogens with one attached hydrogen (secondary N) is 3. The standard InChI is InChI=1S/C26H35N5O2/c1-2-27-25(29-18-22-9-3-4-11-24(22)33-19-20-12-13-20)28-17-21-8-7-10-23(16-21)30-26(32)31-14-5-6-15-31/h3-4,7-11,16,20H,2,5-6,12-15,17-19H2,1H3,(H,30,32)(H2,27,28,29). The topological polar surface area (TPSA) is 78.0 Å². The molecule has 0 unspecified atom stereocenters. The number of nitrogens with zero attached hydrogens (tertiary/aromatic N) is 2. The summed E-state index contributed by atoms with van der Waals surface area (Å²) in [4.78, 5) is 19.0. The second-order valence-electron chi connectivity index (χ2n) is 8.74. The molecule has 0 aromatic heterocycles. The summed E-state index contributed by atoms with van der Waals surface area (Å²) in [5.74, 6) is 2.41. The summed E-state index contributed by atoms with van der Waals surface area (Å²) in [6.45, 7) is 6.46. The Bertz CT molecular complexity index is 951. The molecule has 2 aliphatic rings. The van der Waals surface area contributed by atoms with Crippen LogP contribution in [0, 0.1) is 5.92 Å². The number of carbonyl (C=O) groups is 1. The van der Waals surface area contributed by atoms with E-state index in [4.69, 9.17) is 9.73 Å². The summed E-state index contributed by atoms with van der Waals surface area (Å²) < 4.78 is 6.03. The van der Waals surface area contributed by atoms with Crippen molar-refractivity contribution in [2.24, 2.45) is 10.9 Å². The van der Waals surface area contributed by atoms with Gasteiger partial charge in [0.25, 0.3) is 0 Å². The molecule has 2 aromatic carbocycles.